The Labute approximate surface area is 339 Å². The molecule has 2 unspecified atom stereocenters. The minimum atomic E-state index is -4.33. The van der Waals surface area contributed by atoms with Crippen molar-refractivity contribution in [3.05, 3.63) is 175 Å². The van der Waals surface area contributed by atoms with E-state index in [-0.39, 0.29) is 23.3 Å². The molecule has 2 aliphatic heterocycles. The third-order valence-corrected chi connectivity index (χ3v) is 13.7. The summed E-state index contributed by atoms with van der Waals surface area (Å²) in [5, 5.41) is 18.5. The highest BCUT2D eigenvalue weighted by molar-refractivity contribution is 7.51. The monoisotopic (exact) mass is 816 g/mol. The maximum Gasteiger partial charge on any atom is 0.327 e. The Morgan fingerprint density at radius 2 is 1.58 bits per heavy atom. The molecule has 2 N–H and O–H groups in total. The van der Waals surface area contributed by atoms with Gasteiger partial charge in [0.15, 0.2) is 12.3 Å². The van der Waals surface area contributed by atoms with Crippen molar-refractivity contribution in [1.29, 1.82) is 0 Å². The van der Waals surface area contributed by atoms with Gasteiger partial charge < -0.3 is 19.4 Å². The highest BCUT2D eigenvalue weighted by atomic mass is 32.1. The molecule has 0 saturated heterocycles. The van der Waals surface area contributed by atoms with Crippen LogP contribution < -0.4 is 9.64 Å². The number of anilines is 1. The molecular formula is C45H43N3O6PS2+. The lowest BCUT2D eigenvalue weighted by atomic mass is 9.75. The Hall–Kier alpha value is -5.16. The molecule has 0 fully saturated rings. The zero-order valence-corrected chi connectivity index (χ0v) is 34.2. The summed E-state index contributed by atoms with van der Waals surface area (Å²) in [6, 6.07) is 35.6. The number of hydrogen-bond acceptors (Lipinski definition) is 7. The lowest BCUT2D eigenvalue weighted by Gasteiger charge is -2.30. The van der Waals surface area contributed by atoms with Crippen LogP contribution in [-0.2, 0) is 28.2 Å². The maximum atomic E-state index is 12.4. The zero-order chi connectivity index (χ0) is 39.8. The Kier molecular flexibility index (Phi) is 10.6. The molecule has 57 heavy (non-hydrogen) atoms. The predicted molar refractivity (Wildman–Crippen MR) is 231 cm³/mol. The molecule has 0 saturated carbocycles. The summed E-state index contributed by atoms with van der Waals surface area (Å²) < 4.78 is 20.8. The number of nitro benzene ring substituents is 1. The average molecular weight is 817 g/mol. The molecule has 9 nitrogen and oxygen atoms in total. The Bertz CT molecular complexity index is 2580. The van der Waals surface area contributed by atoms with Gasteiger partial charge in [-0.2, -0.15) is 4.58 Å². The zero-order valence-electron chi connectivity index (χ0n) is 31.7. The van der Waals surface area contributed by atoms with Crippen molar-refractivity contribution in [1.82, 2.24) is 0 Å². The summed E-state index contributed by atoms with van der Waals surface area (Å²) in [7, 11) is -4.33. The molecule has 4 aromatic carbocycles. The van der Waals surface area contributed by atoms with Crippen LogP contribution in [0.2, 0.25) is 0 Å². The van der Waals surface area contributed by atoms with Gasteiger partial charge in [0.05, 0.1) is 16.5 Å². The number of ether oxygens (including phenoxy) is 1. The predicted octanol–water partition coefficient (Wildman–Crippen LogP) is 10.2. The highest BCUT2D eigenvalue weighted by Gasteiger charge is 2.49. The van der Waals surface area contributed by atoms with Crippen molar-refractivity contribution in [2.24, 2.45) is 0 Å². The van der Waals surface area contributed by atoms with E-state index in [0.717, 1.165) is 55.3 Å². The average Bonchev–Trinajstić information content (AvgIpc) is 3.99. The molecule has 0 spiro atoms. The number of thiophene rings is 2. The molecule has 6 aromatic rings. The van der Waals surface area contributed by atoms with E-state index in [4.69, 9.17) is 4.74 Å². The topological polar surface area (TPSA) is 116 Å². The lowest BCUT2D eigenvalue weighted by molar-refractivity contribution is -0.440. The van der Waals surface area contributed by atoms with Crippen LogP contribution in [0.4, 0.5) is 17.1 Å². The molecule has 2 aromatic heterocycles. The van der Waals surface area contributed by atoms with Crippen molar-refractivity contribution in [2.75, 3.05) is 30.8 Å². The molecule has 2 atom stereocenters. The molecule has 2 aliphatic rings. The van der Waals surface area contributed by atoms with Gasteiger partial charge in [-0.05, 0) is 83.8 Å². The van der Waals surface area contributed by atoms with E-state index in [2.05, 4.69) is 88.7 Å². The Balaban J connectivity index is 1.28. The van der Waals surface area contributed by atoms with Gasteiger partial charge >= 0.3 is 7.60 Å². The fourth-order valence-electron chi connectivity index (χ4n) is 8.65. The number of non-ortho nitro benzene ring substituents is 1. The van der Waals surface area contributed by atoms with Crippen LogP contribution >= 0.6 is 30.3 Å². The van der Waals surface area contributed by atoms with Gasteiger partial charge in [0.25, 0.3) is 5.69 Å². The Morgan fingerprint density at radius 1 is 0.877 bits per heavy atom. The minimum absolute atomic E-state index is 0.0416. The molecular weight excluding hydrogens is 774 g/mol. The second-order valence-corrected chi connectivity index (χ2v) is 18.8. The van der Waals surface area contributed by atoms with Crippen LogP contribution in [0.1, 0.15) is 34.7 Å². The van der Waals surface area contributed by atoms with Crippen LogP contribution in [0.15, 0.2) is 144 Å². The van der Waals surface area contributed by atoms with Gasteiger partial charge in [0, 0.05) is 69.4 Å². The van der Waals surface area contributed by atoms with Crippen molar-refractivity contribution < 1.29 is 28.6 Å². The number of nitrogens with zero attached hydrogens (tertiary/aromatic N) is 3. The summed E-state index contributed by atoms with van der Waals surface area (Å²) in [6.07, 6.45) is 7.30. The van der Waals surface area contributed by atoms with Crippen LogP contribution in [0.3, 0.4) is 0 Å². The number of nitro groups is 1. The molecule has 0 radical (unpaired) electrons. The van der Waals surface area contributed by atoms with Gasteiger partial charge in [-0.15, -0.1) is 22.7 Å². The molecule has 0 aliphatic carbocycles. The first-order valence-corrected chi connectivity index (χ1v) is 22.4. The van der Waals surface area contributed by atoms with E-state index in [1.165, 1.54) is 4.88 Å². The lowest BCUT2D eigenvalue weighted by Crippen LogP contribution is -2.34. The normalized spacial score (nSPS) is 19.9. The summed E-state index contributed by atoms with van der Waals surface area (Å²) in [5.41, 5.74) is 4.62. The van der Waals surface area contributed by atoms with Crippen molar-refractivity contribution in [3.8, 4) is 5.75 Å². The molecule has 12 heteroatoms. The second-order valence-electron chi connectivity index (χ2n) is 15.0. The van der Waals surface area contributed by atoms with E-state index in [1.807, 2.05) is 60.7 Å². The second kappa shape index (κ2) is 15.6. The third-order valence-electron chi connectivity index (χ3n) is 11.2. The highest BCUT2D eigenvalue weighted by Crippen LogP contribution is 2.53. The van der Waals surface area contributed by atoms with E-state index in [0.29, 0.717) is 26.0 Å². The van der Waals surface area contributed by atoms with Crippen LogP contribution in [-0.4, -0.2) is 50.9 Å². The van der Waals surface area contributed by atoms with Gasteiger partial charge in [-0.3, -0.25) is 14.7 Å². The van der Waals surface area contributed by atoms with Crippen LogP contribution in [0.5, 0.6) is 5.75 Å². The smallest absolute Gasteiger partial charge is 0.327 e. The fraction of sp³-hybridized carbons (Fsp3) is 0.222. The molecule has 290 valence electrons. The number of fused-ring (bicyclic) bond motifs is 4. The molecule has 4 heterocycles. The van der Waals surface area contributed by atoms with Crippen LogP contribution in [0.25, 0.3) is 10.8 Å². The number of para-hydroxylation sites is 1. The minimum Gasteiger partial charge on any atom is -0.487 e. The standard InChI is InChI=1S/C45H42N3O6PS2/c1-44(30-35-14-9-27-56-35)38-29-33(48(49)50)20-22-39(38)46(23-25-54-34-12-4-3-5-13-34)41(44)17-8-18-42-45(2,31-36-15-10-28-57-36)43-37-16-7-6-11-32(37)19-21-40(43)47(42)24-26-55(51,52)53/h3-22,27-29H,23-26,30-31H2,1-2H3,(H-,51,52,53)/p+1. The summed E-state index contributed by atoms with van der Waals surface area (Å²) >= 11 is 3.36. The van der Waals surface area contributed by atoms with E-state index in [9.17, 15) is 24.5 Å². The largest absolute Gasteiger partial charge is 0.487 e. The van der Waals surface area contributed by atoms with Gasteiger partial charge in [0.2, 0.25) is 5.69 Å². The first-order chi connectivity index (χ1) is 27.4. The van der Waals surface area contributed by atoms with Crippen molar-refractivity contribution in [3.63, 3.8) is 0 Å². The third kappa shape index (κ3) is 7.66. The maximum absolute atomic E-state index is 12.4. The summed E-state index contributed by atoms with van der Waals surface area (Å²) in [5.74, 6) is 0.762. The Morgan fingerprint density at radius 3 is 2.26 bits per heavy atom. The van der Waals surface area contributed by atoms with Gasteiger partial charge in [0.1, 0.15) is 12.4 Å². The number of benzene rings is 4. The van der Waals surface area contributed by atoms with Crippen molar-refractivity contribution >= 4 is 63.8 Å². The SMILES string of the molecule is CC1(Cc2cccs2)C(/C=C/C=C2\N(CCP(=O)(O)O)c3ccc4ccccc4c3C2(C)Cc2cccs2)=[N+](CCOc2ccccc2)c2ccc([N+](=O)[O-])cc21. The van der Waals surface area contributed by atoms with Crippen molar-refractivity contribution in [2.45, 2.75) is 37.5 Å². The first kappa shape index (κ1) is 38.7. The van der Waals surface area contributed by atoms with E-state index in [1.54, 1.807) is 34.8 Å². The van der Waals surface area contributed by atoms with Gasteiger partial charge in [-0.25, -0.2) is 0 Å². The molecule has 0 bridgehead atoms. The van der Waals surface area contributed by atoms with Gasteiger partial charge in [-0.1, -0.05) is 66.7 Å². The van der Waals surface area contributed by atoms with E-state index >= 15 is 0 Å². The summed E-state index contributed by atoms with van der Waals surface area (Å²) in [4.78, 5) is 36.5. The fourth-order valence-corrected chi connectivity index (χ4v) is 10.8. The van der Waals surface area contributed by atoms with E-state index < -0.39 is 18.4 Å². The summed E-state index contributed by atoms with van der Waals surface area (Å²) in [6.45, 7) is 5.41. The number of rotatable bonds is 14. The molecule has 8 rings (SSSR count). The molecule has 0 amide bonds. The quantitative estimate of drug-likeness (QED) is 0.0487. The first-order valence-electron chi connectivity index (χ1n) is 18.8. The van der Waals surface area contributed by atoms with Crippen LogP contribution in [0, 0.1) is 10.1 Å². The number of hydrogen-bond donors (Lipinski definition) is 2. The number of allylic oxidation sites excluding steroid dienone is 4.